The molecule has 3 aromatic rings. The first-order chi connectivity index (χ1) is 14.0. The Bertz CT molecular complexity index is 946. The number of imidazole rings is 1. The number of nitrogens with one attached hydrogen (secondary N) is 3. The van der Waals surface area contributed by atoms with Gasteiger partial charge < -0.3 is 20.4 Å². The van der Waals surface area contributed by atoms with Crippen LogP contribution in [0.3, 0.4) is 0 Å². The van der Waals surface area contributed by atoms with E-state index in [0.717, 1.165) is 11.0 Å². The van der Waals surface area contributed by atoms with E-state index in [0.29, 0.717) is 23.7 Å². The molecule has 1 heterocycles. The summed E-state index contributed by atoms with van der Waals surface area (Å²) in [5, 5.41) is 5.68. The second kappa shape index (κ2) is 9.23. The molecule has 7 nitrogen and oxygen atoms in total. The molecule has 0 saturated carbocycles. The SMILES string of the molecule is CCOc1ccc(C(=O)NC(C(=O)NCc2nc3ccccc3[nH]2)C(C)C)cc1. The Labute approximate surface area is 169 Å². The maximum Gasteiger partial charge on any atom is 0.251 e. The molecule has 1 unspecified atom stereocenters. The zero-order valence-electron chi connectivity index (χ0n) is 16.9. The third kappa shape index (κ3) is 5.13. The van der Waals surface area contributed by atoms with Crippen molar-refractivity contribution in [3.63, 3.8) is 0 Å². The van der Waals surface area contributed by atoms with Crippen LogP contribution in [0.5, 0.6) is 5.75 Å². The Balaban J connectivity index is 1.61. The molecular formula is C22H26N4O3. The van der Waals surface area contributed by atoms with Crippen LogP contribution in [0.4, 0.5) is 0 Å². The highest BCUT2D eigenvalue weighted by Gasteiger charge is 2.24. The number of ether oxygens (including phenoxy) is 1. The van der Waals surface area contributed by atoms with Gasteiger partial charge in [-0.1, -0.05) is 26.0 Å². The van der Waals surface area contributed by atoms with E-state index in [1.54, 1.807) is 24.3 Å². The minimum atomic E-state index is -0.654. The summed E-state index contributed by atoms with van der Waals surface area (Å²) in [6, 6.07) is 13.9. The van der Waals surface area contributed by atoms with E-state index in [-0.39, 0.29) is 24.3 Å². The van der Waals surface area contributed by atoms with E-state index in [2.05, 4.69) is 20.6 Å². The number of amides is 2. The smallest absolute Gasteiger partial charge is 0.251 e. The van der Waals surface area contributed by atoms with Crippen LogP contribution in [0.25, 0.3) is 11.0 Å². The van der Waals surface area contributed by atoms with Crippen molar-refractivity contribution in [2.45, 2.75) is 33.4 Å². The third-order valence-corrected chi connectivity index (χ3v) is 4.53. The van der Waals surface area contributed by atoms with Crippen LogP contribution in [0, 0.1) is 5.92 Å². The first-order valence-corrected chi connectivity index (χ1v) is 9.73. The fourth-order valence-electron chi connectivity index (χ4n) is 3.00. The van der Waals surface area contributed by atoms with Gasteiger partial charge in [-0.05, 0) is 49.2 Å². The minimum absolute atomic E-state index is 0.0719. The summed E-state index contributed by atoms with van der Waals surface area (Å²) in [6.45, 7) is 6.51. The van der Waals surface area contributed by atoms with Crippen molar-refractivity contribution in [3.05, 3.63) is 59.9 Å². The monoisotopic (exact) mass is 394 g/mol. The van der Waals surface area contributed by atoms with Gasteiger partial charge in [0.15, 0.2) is 0 Å². The largest absolute Gasteiger partial charge is 0.494 e. The fraction of sp³-hybridized carbons (Fsp3) is 0.318. The highest BCUT2D eigenvalue weighted by Crippen LogP contribution is 2.13. The lowest BCUT2D eigenvalue weighted by Crippen LogP contribution is -2.49. The molecule has 1 atom stereocenters. The standard InChI is InChI=1S/C22H26N4O3/c1-4-29-16-11-9-15(10-12-16)21(27)26-20(14(2)3)22(28)23-13-19-24-17-7-5-6-8-18(17)25-19/h5-12,14,20H,4,13H2,1-3H3,(H,23,28)(H,24,25)(H,26,27). The predicted molar refractivity (Wildman–Crippen MR) is 112 cm³/mol. The topological polar surface area (TPSA) is 96.1 Å². The van der Waals surface area contributed by atoms with Gasteiger partial charge in [-0.2, -0.15) is 0 Å². The molecule has 0 aliphatic heterocycles. The quantitative estimate of drug-likeness (QED) is 0.547. The van der Waals surface area contributed by atoms with Crippen molar-refractivity contribution in [2.75, 3.05) is 6.61 Å². The molecule has 0 aliphatic rings. The number of aromatic amines is 1. The van der Waals surface area contributed by atoms with Crippen molar-refractivity contribution in [1.29, 1.82) is 0 Å². The average Bonchev–Trinajstić information content (AvgIpc) is 3.13. The summed E-state index contributed by atoms with van der Waals surface area (Å²) in [5.41, 5.74) is 2.24. The average molecular weight is 394 g/mol. The lowest BCUT2D eigenvalue weighted by molar-refractivity contribution is -0.124. The number of para-hydroxylation sites is 2. The van der Waals surface area contributed by atoms with E-state index < -0.39 is 6.04 Å². The predicted octanol–water partition coefficient (Wildman–Crippen LogP) is 3.03. The molecule has 7 heteroatoms. The molecule has 0 spiro atoms. The van der Waals surface area contributed by atoms with E-state index >= 15 is 0 Å². The molecule has 3 N–H and O–H groups in total. The molecule has 0 bridgehead atoms. The first-order valence-electron chi connectivity index (χ1n) is 9.73. The third-order valence-electron chi connectivity index (χ3n) is 4.53. The number of hydrogen-bond donors (Lipinski definition) is 3. The lowest BCUT2D eigenvalue weighted by Gasteiger charge is -2.21. The van der Waals surface area contributed by atoms with Gasteiger partial charge in [0.1, 0.15) is 17.6 Å². The molecule has 0 radical (unpaired) electrons. The summed E-state index contributed by atoms with van der Waals surface area (Å²) < 4.78 is 5.39. The first kappa shape index (κ1) is 20.4. The van der Waals surface area contributed by atoms with Gasteiger partial charge in [0.05, 0.1) is 24.2 Å². The zero-order valence-corrected chi connectivity index (χ0v) is 16.9. The Morgan fingerprint density at radius 3 is 2.48 bits per heavy atom. The van der Waals surface area contributed by atoms with Crippen molar-refractivity contribution in [3.8, 4) is 5.75 Å². The van der Waals surface area contributed by atoms with E-state index in [1.807, 2.05) is 45.0 Å². The maximum atomic E-state index is 12.7. The molecule has 152 valence electrons. The Morgan fingerprint density at radius 1 is 1.10 bits per heavy atom. The number of aromatic nitrogens is 2. The normalized spacial score (nSPS) is 12.0. The van der Waals surface area contributed by atoms with Crippen LogP contribution in [-0.2, 0) is 11.3 Å². The van der Waals surface area contributed by atoms with Crippen LogP contribution >= 0.6 is 0 Å². The number of nitrogens with zero attached hydrogens (tertiary/aromatic N) is 1. The Hall–Kier alpha value is -3.35. The number of fused-ring (bicyclic) bond motifs is 1. The van der Waals surface area contributed by atoms with E-state index in [4.69, 9.17) is 4.74 Å². The van der Waals surface area contributed by atoms with Crippen LogP contribution in [0.15, 0.2) is 48.5 Å². The lowest BCUT2D eigenvalue weighted by atomic mass is 10.0. The van der Waals surface area contributed by atoms with Crippen molar-refractivity contribution >= 4 is 22.8 Å². The van der Waals surface area contributed by atoms with Crippen molar-refractivity contribution in [2.24, 2.45) is 5.92 Å². The van der Waals surface area contributed by atoms with Crippen LogP contribution in [0.1, 0.15) is 37.0 Å². The maximum absolute atomic E-state index is 12.7. The number of rotatable bonds is 8. The molecule has 29 heavy (non-hydrogen) atoms. The molecule has 2 amide bonds. The van der Waals surface area contributed by atoms with Crippen LogP contribution in [-0.4, -0.2) is 34.4 Å². The number of carbonyl (C=O) groups excluding carboxylic acids is 2. The second-order valence-corrected chi connectivity index (χ2v) is 7.07. The van der Waals surface area contributed by atoms with Gasteiger partial charge in [0.25, 0.3) is 5.91 Å². The molecule has 1 aromatic heterocycles. The highest BCUT2D eigenvalue weighted by atomic mass is 16.5. The molecule has 3 rings (SSSR count). The summed E-state index contributed by atoms with van der Waals surface area (Å²) in [6.07, 6.45) is 0. The van der Waals surface area contributed by atoms with Crippen LogP contribution in [0.2, 0.25) is 0 Å². The van der Waals surface area contributed by atoms with Crippen molar-refractivity contribution in [1.82, 2.24) is 20.6 Å². The van der Waals surface area contributed by atoms with Crippen molar-refractivity contribution < 1.29 is 14.3 Å². The van der Waals surface area contributed by atoms with Gasteiger partial charge in [0.2, 0.25) is 5.91 Å². The fourth-order valence-corrected chi connectivity index (χ4v) is 3.00. The molecular weight excluding hydrogens is 368 g/mol. The highest BCUT2D eigenvalue weighted by molar-refractivity contribution is 5.97. The van der Waals surface area contributed by atoms with Gasteiger partial charge in [0, 0.05) is 5.56 Å². The zero-order chi connectivity index (χ0) is 20.8. The number of hydrogen-bond acceptors (Lipinski definition) is 4. The molecule has 2 aromatic carbocycles. The molecule has 0 aliphatic carbocycles. The van der Waals surface area contributed by atoms with E-state index in [9.17, 15) is 9.59 Å². The van der Waals surface area contributed by atoms with Gasteiger partial charge in [-0.25, -0.2) is 4.98 Å². The van der Waals surface area contributed by atoms with Gasteiger partial charge in [-0.3, -0.25) is 9.59 Å². The minimum Gasteiger partial charge on any atom is -0.494 e. The Morgan fingerprint density at radius 2 is 1.83 bits per heavy atom. The van der Waals surface area contributed by atoms with E-state index in [1.165, 1.54) is 0 Å². The van der Waals surface area contributed by atoms with Gasteiger partial charge >= 0.3 is 0 Å². The molecule has 0 fully saturated rings. The molecule has 0 saturated heterocycles. The summed E-state index contributed by atoms with van der Waals surface area (Å²) >= 11 is 0. The summed E-state index contributed by atoms with van der Waals surface area (Å²) in [4.78, 5) is 32.9. The Kier molecular flexibility index (Phi) is 6.49. The summed E-state index contributed by atoms with van der Waals surface area (Å²) in [7, 11) is 0. The number of benzene rings is 2. The van der Waals surface area contributed by atoms with Gasteiger partial charge in [-0.15, -0.1) is 0 Å². The summed E-state index contributed by atoms with van der Waals surface area (Å²) in [5.74, 6) is 0.746. The van der Waals surface area contributed by atoms with Crippen LogP contribution < -0.4 is 15.4 Å². The second-order valence-electron chi connectivity index (χ2n) is 7.07. The number of H-pyrrole nitrogens is 1. The number of carbonyl (C=O) groups is 2.